The predicted octanol–water partition coefficient (Wildman–Crippen LogP) is 3.55. The fourth-order valence-electron chi connectivity index (χ4n) is 2.92. The molecule has 0 saturated heterocycles. The van der Waals surface area contributed by atoms with Gasteiger partial charge in [-0.05, 0) is 35.9 Å². The third kappa shape index (κ3) is 5.55. The number of primary amides is 1. The average Bonchev–Trinajstić information content (AvgIpc) is 3.14. The molecular formula is C21H18ClF3N6O2. The van der Waals surface area contributed by atoms with E-state index in [2.05, 4.69) is 15.3 Å². The summed E-state index contributed by atoms with van der Waals surface area (Å²) in [5, 5.41) is 7.82. The molecule has 172 valence electrons. The summed E-state index contributed by atoms with van der Waals surface area (Å²) in [5.74, 6) is -1.68. The summed E-state index contributed by atoms with van der Waals surface area (Å²) in [6.07, 6.45) is -3.42. The first-order valence-corrected chi connectivity index (χ1v) is 9.79. The number of alkyl halides is 3. The zero-order chi connectivity index (χ0) is 24.3. The highest BCUT2D eigenvalue weighted by Crippen LogP contribution is 2.34. The monoisotopic (exact) mass is 478 g/mol. The summed E-state index contributed by atoms with van der Waals surface area (Å²) >= 11 is 5.79. The molecule has 33 heavy (non-hydrogen) atoms. The molecule has 0 saturated carbocycles. The summed E-state index contributed by atoms with van der Waals surface area (Å²) < 4.78 is 42.6. The largest absolute Gasteiger partial charge is 0.417 e. The number of amides is 1. The van der Waals surface area contributed by atoms with Crippen LogP contribution in [0.4, 0.5) is 19.0 Å². The number of benzene rings is 2. The second-order valence-corrected chi connectivity index (χ2v) is 7.64. The van der Waals surface area contributed by atoms with Crippen LogP contribution in [0.15, 0.2) is 47.5 Å². The first kappa shape index (κ1) is 23.9. The summed E-state index contributed by atoms with van der Waals surface area (Å²) in [4.78, 5) is 30.0. The van der Waals surface area contributed by atoms with Gasteiger partial charge in [0.05, 0.1) is 18.4 Å². The molecule has 8 nitrogen and oxygen atoms in total. The zero-order valence-corrected chi connectivity index (χ0v) is 18.2. The van der Waals surface area contributed by atoms with Crippen molar-refractivity contribution >= 4 is 35.4 Å². The van der Waals surface area contributed by atoms with Crippen LogP contribution < -0.4 is 5.73 Å². The molecule has 1 aromatic heterocycles. The van der Waals surface area contributed by atoms with Gasteiger partial charge in [-0.15, -0.1) is 5.10 Å². The van der Waals surface area contributed by atoms with Crippen LogP contribution in [0.5, 0.6) is 0 Å². The number of rotatable bonds is 7. The van der Waals surface area contributed by atoms with E-state index in [-0.39, 0.29) is 29.2 Å². The predicted molar refractivity (Wildman–Crippen MR) is 116 cm³/mol. The van der Waals surface area contributed by atoms with E-state index in [1.165, 1.54) is 36.7 Å². The number of halogens is 4. The van der Waals surface area contributed by atoms with Crippen molar-refractivity contribution in [1.82, 2.24) is 19.9 Å². The van der Waals surface area contributed by atoms with Gasteiger partial charge >= 0.3 is 6.18 Å². The molecule has 0 aliphatic carbocycles. The molecule has 1 heterocycles. The molecule has 2 N–H and O–H groups in total. The average molecular weight is 479 g/mol. The molecule has 0 atom stereocenters. The van der Waals surface area contributed by atoms with Crippen molar-refractivity contribution in [2.24, 2.45) is 10.7 Å². The Morgan fingerprint density at radius 2 is 1.85 bits per heavy atom. The van der Waals surface area contributed by atoms with Crippen molar-refractivity contribution in [2.75, 3.05) is 14.1 Å². The number of nitrogens with zero attached hydrogens (tertiary/aromatic N) is 5. The first-order valence-electron chi connectivity index (χ1n) is 9.41. The third-order valence-corrected chi connectivity index (χ3v) is 4.68. The highest BCUT2D eigenvalue weighted by atomic mass is 35.5. The van der Waals surface area contributed by atoms with Crippen molar-refractivity contribution in [3.05, 3.63) is 75.4 Å². The van der Waals surface area contributed by atoms with E-state index in [0.717, 1.165) is 16.8 Å². The van der Waals surface area contributed by atoms with Gasteiger partial charge < -0.3 is 10.6 Å². The highest BCUT2D eigenvalue weighted by Gasteiger charge is 2.35. The number of aromatic nitrogens is 3. The molecule has 1 amide bonds. The molecule has 0 aliphatic heterocycles. The van der Waals surface area contributed by atoms with Crippen molar-refractivity contribution in [3.8, 4) is 0 Å². The molecule has 3 rings (SSSR count). The van der Waals surface area contributed by atoms with Gasteiger partial charge in [-0.1, -0.05) is 28.9 Å². The number of aliphatic imine (C=N–C) groups is 1. The Balaban J connectivity index is 2.02. The quantitative estimate of drug-likeness (QED) is 0.317. The molecule has 0 bridgehead atoms. The summed E-state index contributed by atoms with van der Waals surface area (Å²) in [6, 6.07) is 8.88. The maximum atomic E-state index is 13.8. The van der Waals surface area contributed by atoms with Crippen LogP contribution in [-0.2, 0) is 12.7 Å². The Hall–Kier alpha value is -3.73. The SMILES string of the molecule is CN(C)C=Nc1c(C(N)=O)nnn1Cc1ccc(C(=O)c2ccc(Cl)cc2)c(C(F)(F)F)c1. The van der Waals surface area contributed by atoms with E-state index >= 15 is 0 Å². The summed E-state index contributed by atoms with van der Waals surface area (Å²) in [5.41, 5.74) is 3.69. The van der Waals surface area contributed by atoms with E-state index in [1.54, 1.807) is 19.0 Å². The van der Waals surface area contributed by atoms with Gasteiger partial charge in [0, 0.05) is 30.2 Å². The van der Waals surface area contributed by atoms with Gasteiger partial charge in [-0.3, -0.25) is 9.59 Å². The fraction of sp³-hybridized carbons (Fsp3) is 0.190. The van der Waals surface area contributed by atoms with Gasteiger partial charge in [-0.25, -0.2) is 9.67 Å². The van der Waals surface area contributed by atoms with Crippen LogP contribution in [0.3, 0.4) is 0 Å². The van der Waals surface area contributed by atoms with E-state index in [1.807, 2.05) is 0 Å². The molecular weight excluding hydrogens is 461 g/mol. The number of ketones is 1. The maximum absolute atomic E-state index is 13.8. The van der Waals surface area contributed by atoms with Crippen LogP contribution in [0, 0.1) is 0 Å². The lowest BCUT2D eigenvalue weighted by atomic mass is 9.96. The lowest BCUT2D eigenvalue weighted by molar-refractivity contribution is -0.137. The van der Waals surface area contributed by atoms with Crippen LogP contribution >= 0.6 is 11.6 Å². The van der Waals surface area contributed by atoms with Crippen LogP contribution in [-0.4, -0.2) is 52.0 Å². The van der Waals surface area contributed by atoms with Gasteiger partial charge in [0.1, 0.15) is 0 Å². The Kier molecular flexibility index (Phi) is 6.82. The van der Waals surface area contributed by atoms with E-state index in [0.29, 0.717) is 5.02 Å². The van der Waals surface area contributed by atoms with Crippen molar-refractivity contribution < 1.29 is 22.8 Å². The molecule has 2 aromatic carbocycles. The van der Waals surface area contributed by atoms with Crippen molar-refractivity contribution in [3.63, 3.8) is 0 Å². The Morgan fingerprint density at radius 1 is 1.18 bits per heavy atom. The molecule has 12 heteroatoms. The molecule has 0 fully saturated rings. The lowest BCUT2D eigenvalue weighted by Crippen LogP contribution is -2.15. The fourth-order valence-corrected chi connectivity index (χ4v) is 3.05. The Bertz CT molecular complexity index is 1220. The molecule has 0 spiro atoms. The van der Waals surface area contributed by atoms with Gasteiger partial charge in [0.25, 0.3) is 5.91 Å². The normalized spacial score (nSPS) is 11.7. The van der Waals surface area contributed by atoms with E-state index in [4.69, 9.17) is 17.3 Å². The van der Waals surface area contributed by atoms with E-state index < -0.39 is 29.0 Å². The van der Waals surface area contributed by atoms with Crippen molar-refractivity contribution in [2.45, 2.75) is 12.7 Å². The Labute approximate surface area is 191 Å². The molecule has 0 radical (unpaired) electrons. The number of hydrogen-bond acceptors (Lipinski definition) is 5. The number of carbonyl (C=O) groups is 2. The minimum absolute atomic E-state index is 0.00826. The Morgan fingerprint density at radius 3 is 2.42 bits per heavy atom. The van der Waals surface area contributed by atoms with Gasteiger partial charge in [0.15, 0.2) is 17.3 Å². The number of carbonyl (C=O) groups excluding carboxylic acids is 2. The van der Waals surface area contributed by atoms with Crippen LogP contribution in [0.2, 0.25) is 5.02 Å². The minimum Gasteiger partial charge on any atom is -0.369 e. The highest BCUT2D eigenvalue weighted by molar-refractivity contribution is 6.30. The maximum Gasteiger partial charge on any atom is 0.417 e. The van der Waals surface area contributed by atoms with Gasteiger partial charge in [0.2, 0.25) is 0 Å². The molecule has 0 aliphatic rings. The molecule has 0 unspecified atom stereocenters. The number of hydrogen-bond donors (Lipinski definition) is 1. The van der Waals surface area contributed by atoms with Crippen molar-refractivity contribution in [1.29, 1.82) is 0 Å². The lowest BCUT2D eigenvalue weighted by Gasteiger charge is -2.14. The smallest absolute Gasteiger partial charge is 0.369 e. The summed E-state index contributed by atoms with van der Waals surface area (Å²) in [6.45, 7) is -0.196. The summed E-state index contributed by atoms with van der Waals surface area (Å²) in [7, 11) is 3.38. The second kappa shape index (κ2) is 9.41. The van der Waals surface area contributed by atoms with Crippen LogP contribution in [0.25, 0.3) is 0 Å². The number of nitrogens with two attached hydrogens (primary N) is 1. The standard InChI is InChI=1S/C21H18ClF3N6O2/c1-30(2)11-27-20-17(19(26)33)28-29-31(20)10-12-3-8-15(16(9-12)21(23,24)25)18(32)13-4-6-14(22)7-5-13/h3-9,11H,10H2,1-2H3,(H2,26,33). The topological polar surface area (TPSA) is 106 Å². The third-order valence-electron chi connectivity index (χ3n) is 4.43. The van der Waals surface area contributed by atoms with E-state index in [9.17, 15) is 22.8 Å². The van der Waals surface area contributed by atoms with Gasteiger partial charge in [-0.2, -0.15) is 13.2 Å². The first-order chi connectivity index (χ1) is 15.5. The second-order valence-electron chi connectivity index (χ2n) is 7.21. The van der Waals surface area contributed by atoms with Crippen LogP contribution in [0.1, 0.15) is 37.5 Å². The minimum atomic E-state index is -4.79. The molecule has 3 aromatic rings. The zero-order valence-electron chi connectivity index (χ0n) is 17.5.